The van der Waals surface area contributed by atoms with Crippen molar-refractivity contribution < 1.29 is 4.79 Å². The smallest absolute Gasteiger partial charge is 0.254 e. The van der Waals surface area contributed by atoms with Gasteiger partial charge in [-0.1, -0.05) is 53.5 Å². The van der Waals surface area contributed by atoms with E-state index in [1.807, 2.05) is 47.4 Å². The Morgan fingerprint density at radius 3 is 2.40 bits per heavy atom. The molecule has 10 nitrogen and oxygen atoms in total. The van der Waals surface area contributed by atoms with Crippen molar-refractivity contribution in [1.29, 1.82) is 0 Å². The molecule has 4 heterocycles. The molecule has 0 bridgehead atoms. The standard InChI is InChI=1S/C30H28Cl2N8O2/c31-22-6-7-26(40-19-28(32)35-36-40)24(17-22)25-18-29(41)39(20-34-25)27(16-21-4-2-1-3-5-21)30(42)38-14-12-37(13-15-38)23-8-10-33-11-9-23/h1-11,17-20,27,35-36H,12-16H2/t27-/m0/s1. The maximum atomic E-state index is 14.0. The number of pyridine rings is 1. The first-order valence-corrected chi connectivity index (χ1v) is 14.3. The number of benzene rings is 2. The number of nitrogens with zero attached hydrogens (tertiary/aromatic N) is 6. The fourth-order valence-electron chi connectivity index (χ4n) is 5.23. The van der Waals surface area contributed by atoms with Gasteiger partial charge in [0.05, 0.1) is 23.9 Å². The van der Waals surface area contributed by atoms with E-state index in [9.17, 15) is 9.59 Å². The molecule has 1 saturated heterocycles. The number of nitrogens with one attached hydrogen (secondary N) is 2. The Labute approximate surface area is 252 Å². The molecule has 2 N–H and O–H groups in total. The lowest BCUT2D eigenvalue weighted by atomic mass is 10.0. The molecular formula is C30H28Cl2N8O2. The van der Waals surface area contributed by atoms with Gasteiger partial charge >= 0.3 is 0 Å². The van der Waals surface area contributed by atoms with Crippen LogP contribution in [-0.2, 0) is 11.2 Å². The van der Waals surface area contributed by atoms with Crippen molar-refractivity contribution in [2.75, 3.05) is 36.1 Å². The van der Waals surface area contributed by atoms with Gasteiger partial charge in [0.25, 0.3) is 5.56 Å². The van der Waals surface area contributed by atoms with Crippen LogP contribution >= 0.6 is 23.2 Å². The third-order valence-corrected chi connectivity index (χ3v) is 7.81. The molecule has 0 saturated carbocycles. The highest BCUT2D eigenvalue weighted by molar-refractivity contribution is 6.31. The SMILES string of the molecule is O=C([C@H](Cc1ccccc1)n1cnc(-c2cc(Cl)ccc2N2C=C(Cl)NN2)cc1=O)N1CCN(c2ccncc2)CC1. The van der Waals surface area contributed by atoms with Gasteiger partial charge in [-0.05, 0) is 35.9 Å². The second-order valence-electron chi connectivity index (χ2n) is 9.99. The van der Waals surface area contributed by atoms with E-state index in [0.29, 0.717) is 59.7 Å². The number of aromatic nitrogens is 3. The summed E-state index contributed by atoms with van der Waals surface area (Å²) in [5.41, 5.74) is 9.18. The summed E-state index contributed by atoms with van der Waals surface area (Å²) in [4.78, 5) is 40.5. The average Bonchev–Trinajstić information content (AvgIpc) is 3.46. The first-order valence-electron chi connectivity index (χ1n) is 13.5. The van der Waals surface area contributed by atoms with Crippen LogP contribution in [0.15, 0.2) is 102 Å². The highest BCUT2D eigenvalue weighted by Crippen LogP contribution is 2.32. The van der Waals surface area contributed by atoms with Crippen LogP contribution in [0, 0.1) is 0 Å². The molecule has 42 heavy (non-hydrogen) atoms. The number of carbonyl (C=O) groups excluding carboxylic acids is 1. The maximum Gasteiger partial charge on any atom is 0.254 e. The van der Waals surface area contributed by atoms with Crippen LogP contribution in [-0.4, -0.2) is 51.5 Å². The molecule has 2 aliphatic rings. The summed E-state index contributed by atoms with van der Waals surface area (Å²) in [5.74, 6) is -0.111. The number of piperazine rings is 1. The number of hydrazine groups is 2. The number of hydrogen-bond acceptors (Lipinski definition) is 8. The largest absolute Gasteiger partial charge is 0.368 e. The zero-order valence-corrected chi connectivity index (χ0v) is 24.0. The number of rotatable bonds is 7. The Kier molecular flexibility index (Phi) is 8.09. The Bertz CT molecular complexity index is 1660. The minimum Gasteiger partial charge on any atom is -0.368 e. The lowest BCUT2D eigenvalue weighted by molar-refractivity contribution is -0.135. The molecule has 1 atom stereocenters. The van der Waals surface area contributed by atoms with E-state index in [2.05, 4.69) is 25.8 Å². The van der Waals surface area contributed by atoms with E-state index in [4.69, 9.17) is 23.2 Å². The highest BCUT2D eigenvalue weighted by atomic mass is 35.5. The van der Waals surface area contributed by atoms with Crippen molar-refractivity contribution in [3.63, 3.8) is 0 Å². The topological polar surface area (TPSA) is 98.6 Å². The Hall–Kier alpha value is -4.38. The number of anilines is 2. The number of carbonyl (C=O) groups is 1. The van der Waals surface area contributed by atoms with E-state index >= 15 is 0 Å². The van der Waals surface area contributed by atoms with Crippen molar-refractivity contribution in [3.05, 3.63) is 118 Å². The summed E-state index contributed by atoms with van der Waals surface area (Å²) < 4.78 is 1.44. The summed E-state index contributed by atoms with van der Waals surface area (Å²) in [6.45, 7) is 2.47. The molecule has 1 amide bonds. The third kappa shape index (κ3) is 5.96. The second-order valence-corrected chi connectivity index (χ2v) is 10.8. The van der Waals surface area contributed by atoms with Crippen LogP contribution in [0.1, 0.15) is 11.6 Å². The molecule has 2 aliphatic heterocycles. The Morgan fingerprint density at radius 2 is 1.71 bits per heavy atom. The molecule has 0 unspecified atom stereocenters. The monoisotopic (exact) mass is 602 g/mol. The van der Waals surface area contributed by atoms with Crippen molar-refractivity contribution in [3.8, 4) is 11.3 Å². The Balaban J connectivity index is 1.29. The molecule has 0 spiro atoms. The van der Waals surface area contributed by atoms with E-state index in [0.717, 1.165) is 11.3 Å². The normalized spacial score (nSPS) is 15.8. The minimum atomic E-state index is -0.751. The summed E-state index contributed by atoms with van der Waals surface area (Å²) >= 11 is 12.4. The van der Waals surface area contributed by atoms with Crippen LogP contribution in [0.25, 0.3) is 11.3 Å². The van der Waals surface area contributed by atoms with Gasteiger partial charge < -0.3 is 9.80 Å². The lowest BCUT2D eigenvalue weighted by Crippen LogP contribution is -2.51. The summed E-state index contributed by atoms with van der Waals surface area (Å²) in [7, 11) is 0. The lowest BCUT2D eigenvalue weighted by Gasteiger charge is -2.37. The molecule has 2 aromatic heterocycles. The summed E-state index contributed by atoms with van der Waals surface area (Å²) in [5, 5.41) is 2.57. The van der Waals surface area contributed by atoms with Gasteiger partial charge in [0.15, 0.2) is 0 Å². The van der Waals surface area contributed by atoms with Crippen molar-refractivity contribution in [2.24, 2.45) is 0 Å². The fourth-order valence-corrected chi connectivity index (χ4v) is 5.54. The summed E-state index contributed by atoms with van der Waals surface area (Å²) in [6, 6.07) is 19.6. The number of hydrogen-bond donors (Lipinski definition) is 2. The van der Waals surface area contributed by atoms with Crippen molar-refractivity contribution >= 4 is 40.5 Å². The van der Waals surface area contributed by atoms with Gasteiger partial charge in [0.1, 0.15) is 11.2 Å². The first-order chi connectivity index (χ1) is 20.5. The predicted octanol–water partition coefficient (Wildman–Crippen LogP) is 3.96. The van der Waals surface area contributed by atoms with Crippen LogP contribution in [0.3, 0.4) is 0 Å². The molecule has 2 aromatic carbocycles. The minimum absolute atomic E-state index is 0.111. The van der Waals surface area contributed by atoms with Crippen LogP contribution in [0.4, 0.5) is 11.4 Å². The van der Waals surface area contributed by atoms with Crippen LogP contribution < -0.4 is 26.4 Å². The van der Waals surface area contributed by atoms with E-state index in [1.165, 1.54) is 17.0 Å². The summed E-state index contributed by atoms with van der Waals surface area (Å²) in [6.07, 6.45) is 7.02. The average molecular weight is 604 g/mol. The second kappa shape index (κ2) is 12.2. The molecule has 214 valence electrons. The molecule has 0 aliphatic carbocycles. The van der Waals surface area contributed by atoms with Gasteiger partial charge in [-0.25, -0.2) is 4.98 Å². The fraction of sp³-hybridized carbons (Fsp3) is 0.200. The van der Waals surface area contributed by atoms with Gasteiger partial charge in [-0.2, -0.15) is 0 Å². The highest BCUT2D eigenvalue weighted by Gasteiger charge is 2.30. The molecule has 4 aromatic rings. The quantitative estimate of drug-likeness (QED) is 0.307. The van der Waals surface area contributed by atoms with Crippen LogP contribution in [0.2, 0.25) is 5.02 Å². The zero-order chi connectivity index (χ0) is 29.1. The molecule has 1 fully saturated rings. The van der Waals surface area contributed by atoms with Gasteiger partial charge in [-0.3, -0.25) is 29.6 Å². The number of halogens is 2. The van der Waals surface area contributed by atoms with E-state index in [1.54, 1.807) is 41.8 Å². The van der Waals surface area contributed by atoms with Crippen LogP contribution in [0.5, 0.6) is 0 Å². The third-order valence-electron chi connectivity index (χ3n) is 7.38. The van der Waals surface area contributed by atoms with Gasteiger partial charge in [0, 0.05) is 67.3 Å². The van der Waals surface area contributed by atoms with Gasteiger partial charge in [-0.15, -0.1) is 5.53 Å². The zero-order valence-electron chi connectivity index (χ0n) is 22.5. The van der Waals surface area contributed by atoms with Crippen molar-refractivity contribution in [1.82, 2.24) is 30.4 Å². The first kappa shape index (κ1) is 27.8. The Morgan fingerprint density at radius 1 is 0.952 bits per heavy atom. The number of amides is 1. The molecular weight excluding hydrogens is 575 g/mol. The van der Waals surface area contributed by atoms with Gasteiger partial charge in [0.2, 0.25) is 5.91 Å². The van der Waals surface area contributed by atoms with E-state index < -0.39 is 6.04 Å². The predicted molar refractivity (Wildman–Crippen MR) is 164 cm³/mol. The molecule has 12 heteroatoms. The molecule has 6 rings (SSSR count). The maximum absolute atomic E-state index is 14.0. The molecule has 0 radical (unpaired) electrons. The van der Waals surface area contributed by atoms with Crippen molar-refractivity contribution in [2.45, 2.75) is 12.5 Å². The van der Waals surface area contributed by atoms with E-state index in [-0.39, 0.29) is 11.5 Å².